The van der Waals surface area contributed by atoms with Crippen LogP contribution in [0.1, 0.15) is 42.5 Å². The topological polar surface area (TPSA) is 80.0 Å². The van der Waals surface area contributed by atoms with Gasteiger partial charge in [0, 0.05) is 11.1 Å². The number of hydrogen-bond acceptors (Lipinski definition) is 4. The van der Waals surface area contributed by atoms with E-state index < -0.39 is 17.7 Å². The van der Waals surface area contributed by atoms with Crippen molar-refractivity contribution in [2.75, 3.05) is 0 Å². The predicted octanol–water partition coefficient (Wildman–Crippen LogP) is 2.23. The minimum Gasteiger partial charge on any atom is -0.475 e. The highest BCUT2D eigenvalue weighted by atomic mass is 16.6. The van der Waals surface area contributed by atoms with Gasteiger partial charge in [0.15, 0.2) is 0 Å². The van der Waals surface area contributed by atoms with Gasteiger partial charge in [0.2, 0.25) is 5.76 Å². The Kier molecular flexibility index (Phi) is 2.80. The van der Waals surface area contributed by atoms with E-state index in [1.165, 1.54) is 11.2 Å². The summed E-state index contributed by atoms with van der Waals surface area (Å²) in [5.41, 5.74) is 0.704. The van der Waals surface area contributed by atoms with E-state index >= 15 is 0 Å². The van der Waals surface area contributed by atoms with Gasteiger partial charge in [-0.2, -0.15) is 0 Å². The van der Waals surface area contributed by atoms with Crippen LogP contribution < -0.4 is 0 Å². The number of ether oxygens (including phenoxy) is 1. The van der Waals surface area contributed by atoms with Crippen molar-refractivity contribution in [3.63, 3.8) is 0 Å². The lowest BCUT2D eigenvalue weighted by atomic mass is 10.2. The number of carbonyl (C=O) groups excluding carboxylic acids is 1. The van der Waals surface area contributed by atoms with Crippen LogP contribution in [0.15, 0.2) is 10.7 Å². The summed E-state index contributed by atoms with van der Waals surface area (Å²) in [7, 11) is 0. The molecular formula is C12H15NO5. The Morgan fingerprint density at radius 3 is 2.61 bits per heavy atom. The molecule has 6 heteroatoms. The maximum Gasteiger partial charge on any atom is 0.410 e. The van der Waals surface area contributed by atoms with Crippen molar-refractivity contribution in [1.82, 2.24) is 4.90 Å². The van der Waals surface area contributed by atoms with Crippen LogP contribution in [0, 0.1) is 0 Å². The number of carboxylic acid groups (broad SMARTS) is 1. The fraction of sp³-hybridized carbons (Fsp3) is 0.500. The molecule has 1 amide bonds. The van der Waals surface area contributed by atoms with Gasteiger partial charge in [-0.15, -0.1) is 0 Å². The summed E-state index contributed by atoms with van der Waals surface area (Å²) in [6.45, 7) is 5.88. The molecule has 2 rings (SSSR count). The zero-order valence-electron chi connectivity index (χ0n) is 10.5. The molecule has 1 aliphatic heterocycles. The number of carbonyl (C=O) groups is 2. The lowest BCUT2D eigenvalue weighted by Crippen LogP contribution is -2.33. The maximum atomic E-state index is 11.8. The van der Waals surface area contributed by atoms with Crippen LogP contribution in [0.4, 0.5) is 4.79 Å². The van der Waals surface area contributed by atoms with Gasteiger partial charge in [-0.3, -0.25) is 4.90 Å². The molecule has 0 spiro atoms. The molecule has 0 bridgehead atoms. The Hall–Kier alpha value is -1.98. The van der Waals surface area contributed by atoms with E-state index in [9.17, 15) is 9.59 Å². The Bertz CT molecular complexity index is 497. The largest absolute Gasteiger partial charge is 0.475 e. The third kappa shape index (κ3) is 2.32. The molecule has 1 N–H and O–H groups in total. The lowest BCUT2D eigenvalue weighted by Gasteiger charge is -2.24. The Balaban J connectivity index is 2.11. The fourth-order valence-corrected chi connectivity index (χ4v) is 1.81. The summed E-state index contributed by atoms with van der Waals surface area (Å²) in [6, 6.07) is 0. The number of carboxylic acids is 1. The van der Waals surface area contributed by atoms with E-state index in [1.54, 1.807) is 20.8 Å². The second-order valence-electron chi connectivity index (χ2n) is 5.21. The van der Waals surface area contributed by atoms with Crippen LogP contribution in [-0.2, 0) is 17.8 Å². The Labute approximate surface area is 104 Å². The quantitative estimate of drug-likeness (QED) is 0.830. The van der Waals surface area contributed by atoms with Gasteiger partial charge in [-0.25, -0.2) is 9.59 Å². The summed E-state index contributed by atoms with van der Waals surface area (Å²) >= 11 is 0. The van der Waals surface area contributed by atoms with Gasteiger partial charge in [0.1, 0.15) is 5.60 Å². The molecule has 0 unspecified atom stereocenters. The lowest BCUT2D eigenvalue weighted by molar-refractivity contribution is 0.0237. The number of amides is 1. The van der Waals surface area contributed by atoms with Crippen LogP contribution in [0.3, 0.4) is 0 Å². The third-order valence-electron chi connectivity index (χ3n) is 2.54. The first-order chi connectivity index (χ1) is 8.28. The van der Waals surface area contributed by atoms with E-state index in [0.29, 0.717) is 12.1 Å². The summed E-state index contributed by atoms with van der Waals surface area (Å²) in [6.07, 6.45) is 0.929. The van der Waals surface area contributed by atoms with Gasteiger partial charge in [0.05, 0.1) is 19.4 Å². The molecule has 0 aromatic carbocycles. The highest BCUT2D eigenvalue weighted by Gasteiger charge is 2.32. The van der Waals surface area contributed by atoms with Crippen molar-refractivity contribution >= 4 is 12.1 Å². The SMILES string of the molecule is CC(C)(C)OC(=O)N1Cc2coc(C(=O)O)c2C1. The Morgan fingerprint density at radius 2 is 2.06 bits per heavy atom. The minimum atomic E-state index is -1.12. The molecule has 1 aliphatic rings. The van der Waals surface area contributed by atoms with Gasteiger partial charge >= 0.3 is 12.1 Å². The van der Waals surface area contributed by atoms with E-state index in [0.717, 1.165) is 5.56 Å². The fourth-order valence-electron chi connectivity index (χ4n) is 1.81. The van der Waals surface area contributed by atoms with Crippen molar-refractivity contribution in [3.8, 4) is 0 Å². The van der Waals surface area contributed by atoms with Crippen molar-refractivity contribution in [2.24, 2.45) is 0 Å². The van der Waals surface area contributed by atoms with Crippen LogP contribution >= 0.6 is 0 Å². The second-order valence-corrected chi connectivity index (χ2v) is 5.21. The van der Waals surface area contributed by atoms with Crippen molar-refractivity contribution in [2.45, 2.75) is 39.5 Å². The molecule has 98 valence electrons. The molecule has 0 atom stereocenters. The molecule has 18 heavy (non-hydrogen) atoms. The normalized spacial score (nSPS) is 14.5. The molecular weight excluding hydrogens is 238 g/mol. The second kappa shape index (κ2) is 4.04. The zero-order valence-corrected chi connectivity index (χ0v) is 10.5. The molecule has 6 nitrogen and oxygen atoms in total. The average molecular weight is 253 g/mol. The molecule has 2 heterocycles. The highest BCUT2D eigenvalue weighted by molar-refractivity contribution is 5.87. The van der Waals surface area contributed by atoms with Gasteiger partial charge < -0.3 is 14.3 Å². The first-order valence-electron chi connectivity index (χ1n) is 5.58. The molecule has 0 radical (unpaired) electrons. The maximum absolute atomic E-state index is 11.8. The first-order valence-corrected chi connectivity index (χ1v) is 5.58. The monoisotopic (exact) mass is 253 g/mol. The standard InChI is InChI=1S/C12H15NO5/c1-12(2,3)18-11(16)13-4-7-6-17-9(10(14)15)8(7)5-13/h6H,4-5H2,1-3H3,(H,14,15). The number of nitrogens with zero attached hydrogens (tertiary/aromatic N) is 1. The van der Waals surface area contributed by atoms with Crippen molar-refractivity contribution in [1.29, 1.82) is 0 Å². The van der Waals surface area contributed by atoms with E-state index in [2.05, 4.69) is 0 Å². The first kappa shape index (κ1) is 12.5. The van der Waals surface area contributed by atoms with Crippen LogP contribution in [0.5, 0.6) is 0 Å². The molecule has 0 saturated carbocycles. The highest BCUT2D eigenvalue weighted by Crippen LogP contribution is 2.28. The number of rotatable bonds is 1. The number of aromatic carboxylic acids is 1. The molecule has 0 saturated heterocycles. The third-order valence-corrected chi connectivity index (χ3v) is 2.54. The summed E-state index contributed by atoms with van der Waals surface area (Å²) < 4.78 is 10.2. The van der Waals surface area contributed by atoms with E-state index in [4.69, 9.17) is 14.3 Å². The van der Waals surface area contributed by atoms with Gasteiger partial charge in [-0.05, 0) is 20.8 Å². The van der Waals surface area contributed by atoms with E-state index in [1.807, 2.05) is 0 Å². The molecule has 0 fully saturated rings. The van der Waals surface area contributed by atoms with Gasteiger partial charge in [0.25, 0.3) is 0 Å². The predicted molar refractivity (Wildman–Crippen MR) is 61.1 cm³/mol. The van der Waals surface area contributed by atoms with Gasteiger partial charge in [-0.1, -0.05) is 0 Å². The average Bonchev–Trinajstić information content (AvgIpc) is 2.70. The molecule has 1 aromatic rings. The minimum absolute atomic E-state index is 0.101. The van der Waals surface area contributed by atoms with Crippen molar-refractivity contribution in [3.05, 3.63) is 23.2 Å². The van der Waals surface area contributed by atoms with Crippen LogP contribution in [0.25, 0.3) is 0 Å². The molecule has 1 aromatic heterocycles. The van der Waals surface area contributed by atoms with Crippen LogP contribution in [-0.4, -0.2) is 27.7 Å². The van der Waals surface area contributed by atoms with E-state index in [-0.39, 0.29) is 12.3 Å². The summed E-state index contributed by atoms with van der Waals surface area (Å²) in [5, 5.41) is 8.92. The van der Waals surface area contributed by atoms with Crippen LogP contribution in [0.2, 0.25) is 0 Å². The number of furan rings is 1. The smallest absolute Gasteiger partial charge is 0.410 e. The summed E-state index contributed by atoms with van der Waals surface area (Å²) in [5.74, 6) is -1.22. The summed E-state index contributed by atoms with van der Waals surface area (Å²) in [4.78, 5) is 24.2. The zero-order chi connectivity index (χ0) is 13.5. The number of hydrogen-bond donors (Lipinski definition) is 1. The Morgan fingerprint density at radius 1 is 1.39 bits per heavy atom. The molecule has 0 aliphatic carbocycles. The number of fused-ring (bicyclic) bond motifs is 1. The van der Waals surface area contributed by atoms with Crippen molar-refractivity contribution < 1.29 is 23.8 Å².